The van der Waals surface area contributed by atoms with Gasteiger partial charge in [-0.25, -0.2) is 9.78 Å². The van der Waals surface area contributed by atoms with Crippen LogP contribution >= 0.6 is 0 Å². The van der Waals surface area contributed by atoms with Crippen molar-refractivity contribution in [2.45, 2.75) is 45.4 Å². The minimum absolute atomic E-state index is 0.117. The van der Waals surface area contributed by atoms with Crippen molar-refractivity contribution in [3.05, 3.63) is 59.3 Å². The Bertz CT molecular complexity index is 1160. The average molecular weight is 479 g/mol. The molecule has 1 aliphatic heterocycles. The molecular formula is C25H30N6O4. The van der Waals surface area contributed by atoms with Gasteiger partial charge >= 0.3 is 6.03 Å². The lowest BCUT2D eigenvalue weighted by atomic mass is 10.1. The van der Waals surface area contributed by atoms with E-state index in [0.29, 0.717) is 23.7 Å². The Hall–Kier alpha value is -4.08. The number of aromatic amines is 1. The number of nitrogens with one attached hydrogen (secondary N) is 4. The highest BCUT2D eigenvalue weighted by atomic mass is 16.4. The summed E-state index contributed by atoms with van der Waals surface area (Å²) in [4.78, 5) is 45.2. The number of aryl methyl sites for hydroxylation is 1. The molecule has 184 valence electrons. The van der Waals surface area contributed by atoms with Gasteiger partial charge in [-0.2, -0.15) is 0 Å². The van der Waals surface area contributed by atoms with Crippen molar-refractivity contribution < 1.29 is 18.8 Å². The van der Waals surface area contributed by atoms with Gasteiger partial charge in [-0.15, -0.1) is 0 Å². The molecule has 3 aromatic rings. The van der Waals surface area contributed by atoms with E-state index in [1.165, 1.54) is 5.56 Å². The maximum atomic E-state index is 12.5. The second kappa shape index (κ2) is 11.4. The molecule has 10 nitrogen and oxygen atoms in total. The molecule has 4 N–H and O–H groups in total. The fourth-order valence-electron chi connectivity index (χ4n) is 4.00. The third-order valence-electron chi connectivity index (χ3n) is 5.83. The van der Waals surface area contributed by atoms with E-state index >= 15 is 0 Å². The summed E-state index contributed by atoms with van der Waals surface area (Å²) in [5, 5.41) is 7.93. The number of furan rings is 1. The molecule has 1 aromatic carbocycles. The summed E-state index contributed by atoms with van der Waals surface area (Å²) in [6, 6.07) is 10.6. The number of nitrogens with zero attached hydrogens (tertiary/aromatic N) is 2. The first kappa shape index (κ1) is 24.1. The van der Waals surface area contributed by atoms with Crippen molar-refractivity contribution in [2.75, 3.05) is 29.0 Å². The number of unbranched alkanes of at least 4 members (excludes halogenated alkanes) is 1. The van der Waals surface area contributed by atoms with Crippen LogP contribution in [-0.4, -0.2) is 46.3 Å². The highest BCUT2D eigenvalue weighted by Crippen LogP contribution is 2.22. The van der Waals surface area contributed by atoms with Crippen LogP contribution in [0.5, 0.6) is 0 Å². The molecule has 0 radical (unpaired) electrons. The first-order valence-corrected chi connectivity index (χ1v) is 11.9. The lowest BCUT2D eigenvalue weighted by Gasteiger charge is -2.12. The summed E-state index contributed by atoms with van der Waals surface area (Å²) < 4.78 is 5.72. The van der Waals surface area contributed by atoms with E-state index in [2.05, 4.69) is 32.8 Å². The number of H-pyrrole nitrogens is 1. The minimum Gasteiger partial charge on any atom is -0.455 e. The number of aromatic nitrogens is 2. The van der Waals surface area contributed by atoms with Gasteiger partial charge in [0.25, 0.3) is 5.91 Å². The summed E-state index contributed by atoms with van der Waals surface area (Å²) in [5.74, 6) is 1.59. The SMILES string of the molecule is CCCCc1ccc(NC(=O)Nc2[nH]c(Cc3ccc(C(=O)N4CCCC4)o3)nc2NC=O)cc1. The molecule has 0 spiro atoms. The van der Waals surface area contributed by atoms with Crippen LogP contribution in [0.25, 0.3) is 0 Å². The van der Waals surface area contributed by atoms with Crippen molar-refractivity contribution in [3.8, 4) is 0 Å². The molecule has 4 rings (SSSR count). The number of anilines is 3. The predicted molar refractivity (Wildman–Crippen MR) is 133 cm³/mol. The Morgan fingerprint density at radius 1 is 1.11 bits per heavy atom. The van der Waals surface area contributed by atoms with Crippen LogP contribution in [0.1, 0.15) is 60.3 Å². The van der Waals surface area contributed by atoms with Gasteiger partial charge in [0.1, 0.15) is 11.6 Å². The van der Waals surface area contributed by atoms with E-state index in [0.717, 1.165) is 45.2 Å². The molecule has 1 fully saturated rings. The molecule has 1 aliphatic rings. The number of imidazole rings is 1. The largest absolute Gasteiger partial charge is 0.455 e. The monoisotopic (exact) mass is 478 g/mol. The van der Waals surface area contributed by atoms with Gasteiger partial charge in [-0.3, -0.25) is 14.9 Å². The molecule has 35 heavy (non-hydrogen) atoms. The van der Waals surface area contributed by atoms with Crippen LogP contribution in [0, 0.1) is 0 Å². The molecule has 0 saturated carbocycles. The Balaban J connectivity index is 1.38. The molecule has 2 aromatic heterocycles. The Kier molecular flexibility index (Phi) is 7.81. The number of urea groups is 1. The zero-order valence-corrected chi connectivity index (χ0v) is 19.7. The van der Waals surface area contributed by atoms with Gasteiger partial charge in [0, 0.05) is 18.8 Å². The van der Waals surface area contributed by atoms with Gasteiger partial charge < -0.3 is 24.9 Å². The van der Waals surface area contributed by atoms with Gasteiger partial charge in [0.15, 0.2) is 17.4 Å². The average Bonchev–Trinajstić information content (AvgIpc) is 3.61. The van der Waals surface area contributed by atoms with Gasteiger partial charge in [0.05, 0.1) is 6.42 Å². The fourth-order valence-corrected chi connectivity index (χ4v) is 4.00. The minimum atomic E-state index is -0.480. The molecule has 4 amide bonds. The van der Waals surface area contributed by atoms with E-state index in [-0.39, 0.29) is 29.7 Å². The lowest BCUT2D eigenvalue weighted by Crippen LogP contribution is -2.27. The number of hydrogen-bond donors (Lipinski definition) is 4. The van der Waals surface area contributed by atoms with Crippen LogP contribution in [0.3, 0.4) is 0 Å². The molecule has 3 heterocycles. The van der Waals surface area contributed by atoms with Crippen LogP contribution in [-0.2, 0) is 17.6 Å². The normalized spacial score (nSPS) is 13.0. The topological polar surface area (TPSA) is 132 Å². The van der Waals surface area contributed by atoms with E-state index in [4.69, 9.17) is 4.42 Å². The summed E-state index contributed by atoms with van der Waals surface area (Å²) in [7, 11) is 0. The number of benzene rings is 1. The maximum absolute atomic E-state index is 12.5. The van der Waals surface area contributed by atoms with Gasteiger partial charge in [0.2, 0.25) is 6.41 Å². The number of likely N-dealkylation sites (tertiary alicyclic amines) is 1. The first-order chi connectivity index (χ1) is 17.1. The van der Waals surface area contributed by atoms with Crippen LogP contribution in [0.15, 0.2) is 40.8 Å². The van der Waals surface area contributed by atoms with Crippen molar-refractivity contribution in [1.29, 1.82) is 0 Å². The number of amides is 4. The van der Waals surface area contributed by atoms with Gasteiger partial charge in [-0.1, -0.05) is 25.5 Å². The first-order valence-electron chi connectivity index (χ1n) is 11.9. The van der Waals surface area contributed by atoms with E-state index < -0.39 is 6.03 Å². The quantitative estimate of drug-likeness (QED) is 0.321. The predicted octanol–water partition coefficient (Wildman–Crippen LogP) is 4.38. The second-order valence-corrected chi connectivity index (χ2v) is 8.49. The Morgan fingerprint density at radius 3 is 2.60 bits per heavy atom. The zero-order chi connectivity index (χ0) is 24.6. The second-order valence-electron chi connectivity index (χ2n) is 8.49. The highest BCUT2D eigenvalue weighted by Gasteiger charge is 2.22. The molecule has 0 unspecified atom stereocenters. The van der Waals surface area contributed by atoms with Gasteiger partial charge in [-0.05, 0) is 55.5 Å². The third-order valence-corrected chi connectivity index (χ3v) is 5.83. The molecule has 0 aliphatic carbocycles. The van der Waals surface area contributed by atoms with Crippen LogP contribution < -0.4 is 16.0 Å². The van der Waals surface area contributed by atoms with E-state index in [1.54, 1.807) is 17.0 Å². The van der Waals surface area contributed by atoms with E-state index in [9.17, 15) is 14.4 Å². The Labute approximate surface area is 203 Å². The molecule has 10 heteroatoms. The maximum Gasteiger partial charge on any atom is 0.324 e. The number of rotatable bonds is 10. The summed E-state index contributed by atoms with van der Waals surface area (Å²) in [6.07, 6.45) is 6.00. The number of hydrogen-bond acceptors (Lipinski definition) is 5. The smallest absolute Gasteiger partial charge is 0.324 e. The summed E-state index contributed by atoms with van der Waals surface area (Å²) in [5.41, 5.74) is 1.87. The lowest BCUT2D eigenvalue weighted by molar-refractivity contribution is -0.105. The molecule has 0 atom stereocenters. The summed E-state index contributed by atoms with van der Waals surface area (Å²) in [6.45, 7) is 3.64. The molecular weight excluding hydrogens is 448 g/mol. The van der Waals surface area contributed by atoms with Crippen molar-refractivity contribution >= 4 is 35.7 Å². The summed E-state index contributed by atoms with van der Waals surface area (Å²) >= 11 is 0. The zero-order valence-electron chi connectivity index (χ0n) is 19.7. The number of carbonyl (C=O) groups is 3. The fraction of sp³-hybridized carbons (Fsp3) is 0.360. The van der Waals surface area contributed by atoms with Crippen molar-refractivity contribution in [3.63, 3.8) is 0 Å². The van der Waals surface area contributed by atoms with Crippen LogP contribution in [0.2, 0.25) is 0 Å². The number of carbonyl (C=O) groups excluding carboxylic acids is 3. The Morgan fingerprint density at radius 2 is 1.89 bits per heavy atom. The third kappa shape index (κ3) is 6.28. The standard InChI is InChI=1S/C25H30N6O4/c1-2-3-6-17-7-9-18(10-8-17)27-25(34)30-23-22(26-16-32)28-21(29-23)15-19-11-12-20(35-19)24(33)31-13-4-5-14-31/h7-12,16H,2-6,13-15H2,1H3,(H,26,32)(H,28,29)(H2,27,30,34). The molecule has 1 saturated heterocycles. The van der Waals surface area contributed by atoms with Crippen molar-refractivity contribution in [1.82, 2.24) is 14.9 Å². The van der Waals surface area contributed by atoms with Crippen LogP contribution in [0.4, 0.5) is 22.1 Å². The molecule has 0 bridgehead atoms. The van der Waals surface area contributed by atoms with E-state index in [1.807, 2.05) is 24.3 Å². The van der Waals surface area contributed by atoms with Crippen molar-refractivity contribution in [2.24, 2.45) is 0 Å². The highest BCUT2D eigenvalue weighted by molar-refractivity contribution is 6.01.